The highest BCUT2D eigenvalue weighted by Crippen LogP contribution is 2.30. The Labute approximate surface area is 139 Å². The highest BCUT2D eigenvalue weighted by atomic mass is 16.6. The van der Waals surface area contributed by atoms with Crippen LogP contribution in [0.2, 0.25) is 0 Å². The van der Waals surface area contributed by atoms with E-state index in [2.05, 4.69) is 15.6 Å². The van der Waals surface area contributed by atoms with E-state index in [1.807, 2.05) is 18.2 Å². The van der Waals surface area contributed by atoms with Crippen molar-refractivity contribution in [2.24, 2.45) is 0 Å². The molecule has 0 spiro atoms. The lowest BCUT2D eigenvalue weighted by molar-refractivity contribution is -0.139. The summed E-state index contributed by atoms with van der Waals surface area (Å²) >= 11 is 0. The van der Waals surface area contributed by atoms with Gasteiger partial charge in [0.25, 0.3) is 0 Å². The predicted octanol–water partition coefficient (Wildman–Crippen LogP) is 0.654. The Morgan fingerprint density at radius 2 is 1.75 bits per heavy atom. The standard InChI is InChI=1S/C17H17N3O4/c21-16(19-9-12-5-7-18-8-6-12)17(22)20-10-13-11-23-14-3-1-2-4-15(14)24-13/h1-8,13H,9-11H2,(H,19,21)(H,20,22). The molecule has 7 nitrogen and oxygen atoms in total. The number of carbonyl (C=O) groups excluding carboxylic acids is 2. The van der Waals surface area contributed by atoms with E-state index in [9.17, 15) is 9.59 Å². The maximum Gasteiger partial charge on any atom is 0.309 e. The molecule has 2 aromatic rings. The van der Waals surface area contributed by atoms with Gasteiger partial charge in [-0.2, -0.15) is 0 Å². The average Bonchev–Trinajstić information content (AvgIpc) is 2.64. The lowest BCUT2D eigenvalue weighted by Gasteiger charge is -2.26. The van der Waals surface area contributed by atoms with E-state index in [1.165, 1.54) is 0 Å². The fraction of sp³-hybridized carbons (Fsp3) is 0.235. The van der Waals surface area contributed by atoms with Crippen molar-refractivity contribution in [3.05, 3.63) is 54.4 Å². The summed E-state index contributed by atoms with van der Waals surface area (Å²) in [4.78, 5) is 27.5. The second-order valence-corrected chi connectivity index (χ2v) is 5.25. The molecule has 2 heterocycles. The number of hydrogen-bond donors (Lipinski definition) is 2. The quantitative estimate of drug-likeness (QED) is 0.805. The summed E-state index contributed by atoms with van der Waals surface area (Å²) < 4.78 is 11.3. The molecule has 1 aromatic carbocycles. The van der Waals surface area contributed by atoms with Crippen molar-refractivity contribution >= 4 is 11.8 Å². The van der Waals surface area contributed by atoms with E-state index in [0.29, 0.717) is 18.1 Å². The highest BCUT2D eigenvalue weighted by Gasteiger charge is 2.22. The number of benzene rings is 1. The van der Waals surface area contributed by atoms with Crippen molar-refractivity contribution in [3.8, 4) is 11.5 Å². The van der Waals surface area contributed by atoms with Gasteiger partial charge in [0.2, 0.25) is 0 Å². The normalized spacial score (nSPS) is 15.4. The number of fused-ring (bicyclic) bond motifs is 1. The zero-order valence-electron chi connectivity index (χ0n) is 12.9. The van der Waals surface area contributed by atoms with E-state index < -0.39 is 11.8 Å². The van der Waals surface area contributed by atoms with Gasteiger partial charge in [-0.15, -0.1) is 0 Å². The van der Waals surface area contributed by atoms with Crippen LogP contribution in [0.4, 0.5) is 0 Å². The molecule has 0 bridgehead atoms. The van der Waals surface area contributed by atoms with Gasteiger partial charge in [0.1, 0.15) is 12.7 Å². The van der Waals surface area contributed by atoms with Gasteiger partial charge in [-0.1, -0.05) is 12.1 Å². The minimum absolute atomic E-state index is 0.190. The number of aromatic nitrogens is 1. The van der Waals surface area contributed by atoms with Gasteiger partial charge in [0.15, 0.2) is 11.5 Å². The molecule has 1 atom stereocenters. The molecule has 0 saturated carbocycles. The first-order valence-corrected chi connectivity index (χ1v) is 7.56. The molecule has 0 saturated heterocycles. The monoisotopic (exact) mass is 327 g/mol. The molecule has 1 aromatic heterocycles. The average molecular weight is 327 g/mol. The van der Waals surface area contributed by atoms with Crippen molar-refractivity contribution in [3.63, 3.8) is 0 Å². The van der Waals surface area contributed by atoms with Crippen LogP contribution in [-0.2, 0) is 16.1 Å². The third kappa shape index (κ3) is 4.01. The predicted molar refractivity (Wildman–Crippen MR) is 85.4 cm³/mol. The Kier molecular flexibility index (Phi) is 4.90. The van der Waals surface area contributed by atoms with Crippen molar-refractivity contribution in [2.45, 2.75) is 12.6 Å². The number of nitrogens with one attached hydrogen (secondary N) is 2. The van der Waals surface area contributed by atoms with Gasteiger partial charge in [-0.05, 0) is 29.8 Å². The SMILES string of the molecule is O=C(NCc1ccncc1)C(=O)NCC1COc2ccccc2O1. The molecule has 24 heavy (non-hydrogen) atoms. The summed E-state index contributed by atoms with van der Waals surface area (Å²) in [5, 5.41) is 5.10. The van der Waals surface area contributed by atoms with Crippen LogP contribution in [0.1, 0.15) is 5.56 Å². The lowest BCUT2D eigenvalue weighted by Crippen LogP contribution is -2.45. The van der Waals surface area contributed by atoms with Crippen LogP contribution in [0, 0.1) is 0 Å². The third-order valence-corrected chi connectivity index (χ3v) is 3.47. The van der Waals surface area contributed by atoms with Crippen LogP contribution < -0.4 is 20.1 Å². The minimum Gasteiger partial charge on any atom is -0.486 e. The number of amides is 2. The van der Waals surface area contributed by atoms with Gasteiger partial charge in [-0.3, -0.25) is 14.6 Å². The van der Waals surface area contributed by atoms with Gasteiger partial charge in [0, 0.05) is 18.9 Å². The maximum atomic E-state index is 11.8. The summed E-state index contributed by atoms with van der Waals surface area (Å²) in [6, 6.07) is 10.8. The van der Waals surface area contributed by atoms with Crippen molar-refractivity contribution in [1.29, 1.82) is 0 Å². The molecule has 1 unspecified atom stereocenters. The van der Waals surface area contributed by atoms with E-state index in [1.54, 1.807) is 30.6 Å². The summed E-state index contributed by atoms with van der Waals surface area (Å²) in [5.74, 6) is -0.0873. The largest absolute Gasteiger partial charge is 0.486 e. The van der Waals surface area contributed by atoms with Crippen LogP contribution >= 0.6 is 0 Å². The van der Waals surface area contributed by atoms with Gasteiger partial charge >= 0.3 is 11.8 Å². The van der Waals surface area contributed by atoms with Crippen LogP contribution in [-0.4, -0.2) is 36.1 Å². The van der Waals surface area contributed by atoms with Crippen molar-refractivity contribution < 1.29 is 19.1 Å². The van der Waals surface area contributed by atoms with Gasteiger partial charge in [-0.25, -0.2) is 0 Å². The Morgan fingerprint density at radius 3 is 2.54 bits per heavy atom. The number of carbonyl (C=O) groups is 2. The molecular weight excluding hydrogens is 310 g/mol. The molecule has 3 rings (SSSR count). The van der Waals surface area contributed by atoms with Crippen LogP contribution in [0.25, 0.3) is 0 Å². The molecule has 7 heteroatoms. The molecule has 1 aliphatic heterocycles. The number of hydrogen-bond acceptors (Lipinski definition) is 5. The van der Waals surface area contributed by atoms with Crippen LogP contribution in [0.15, 0.2) is 48.8 Å². The first-order chi connectivity index (χ1) is 11.7. The van der Waals surface area contributed by atoms with E-state index >= 15 is 0 Å². The van der Waals surface area contributed by atoms with Gasteiger partial charge < -0.3 is 20.1 Å². The molecular formula is C17H17N3O4. The number of nitrogens with zero attached hydrogens (tertiary/aromatic N) is 1. The number of para-hydroxylation sites is 2. The summed E-state index contributed by atoms with van der Waals surface area (Å²) in [6.45, 7) is 0.775. The highest BCUT2D eigenvalue weighted by molar-refractivity contribution is 6.35. The topological polar surface area (TPSA) is 89.6 Å². The molecule has 0 aliphatic carbocycles. The number of rotatable bonds is 4. The molecule has 1 aliphatic rings. The van der Waals surface area contributed by atoms with Crippen molar-refractivity contribution in [1.82, 2.24) is 15.6 Å². The summed E-state index contributed by atoms with van der Waals surface area (Å²) in [7, 11) is 0. The molecule has 124 valence electrons. The fourth-order valence-electron chi connectivity index (χ4n) is 2.21. The van der Waals surface area contributed by atoms with E-state index in [0.717, 1.165) is 5.56 Å². The number of pyridine rings is 1. The Hall–Kier alpha value is -3.09. The molecule has 2 N–H and O–H groups in total. The Balaban J connectivity index is 1.43. The smallest absolute Gasteiger partial charge is 0.309 e. The van der Waals surface area contributed by atoms with Crippen LogP contribution in [0.5, 0.6) is 11.5 Å². The molecule has 0 fully saturated rings. The maximum absolute atomic E-state index is 11.8. The Bertz CT molecular complexity index is 721. The van der Waals surface area contributed by atoms with E-state index in [4.69, 9.17) is 9.47 Å². The Morgan fingerprint density at radius 1 is 1.04 bits per heavy atom. The second-order valence-electron chi connectivity index (χ2n) is 5.25. The van der Waals surface area contributed by atoms with E-state index in [-0.39, 0.29) is 19.2 Å². The zero-order valence-corrected chi connectivity index (χ0v) is 12.9. The second kappa shape index (κ2) is 7.45. The van der Waals surface area contributed by atoms with Crippen LogP contribution in [0.3, 0.4) is 0 Å². The lowest BCUT2D eigenvalue weighted by atomic mass is 10.2. The minimum atomic E-state index is -0.702. The fourth-order valence-corrected chi connectivity index (χ4v) is 2.21. The first-order valence-electron chi connectivity index (χ1n) is 7.56. The summed E-state index contributed by atoms with van der Waals surface area (Å²) in [5.41, 5.74) is 0.867. The number of ether oxygens (including phenoxy) is 2. The van der Waals surface area contributed by atoms with Crippen molar-refractivity contribution in [2.75, 3.05) is 13.2 Å². The third-order valence-electron chi connectivity index (χ3n) is 3.47. The molecule has 0 radical (unpaired) electrons. The first kappa shape index (κ1) is 15.8. The summed E-state index contributed by atoms with van der Waals surface area (Å²) in [6.07, 6.45) is 2.91. The molecule has 2 amide bonds. The van der Waals surface area contributed by atoms with Gasteiger partial charge in [0.05, 0.1) is 6.54 Å². The zero-order chi connectivity index (χ0) is 16.8.